The predicted octanol–water partition coefficient (Wildman–Crippen LogP) is 0.941. The van der Waals surface area contributed by atoms with Crippen LogP contribution in [0.5, 0.6) is 0 Å². The summed E-state index contributed by atoms with van der Waals surface area (Å²) in [5.74, 6) is 0.444. The van der Waals surface area contributed by atoms with Crippen LogP contribution in [0, 0.1) is 5.92 Å². The summed E-state index contributed by atoms with van der Waals surface area (Å²) in [4.78, 5) is 0. The minimum Gasteiger partial charge on any atom is -0.320 e. The van der Waals surface area contributed by atoms with E-state index in [4.69, 9.17) is 0 Å². The maximum absolute atomic E-state index is 12.1. The van der Waals surface area contributed by atoms with Crippen LogP contribution in [-0.4, -0.2) is 45.9 Å². The minimum atomic E-state index is -3.32. The Morgan fingerprint density at radius 3 is 2.56 bits per heavy atom. The van der Waals surface area contributed by atoms with Gasteiger partial charge in [-0.2, -0.15) is 17.4 Å². The third kappa shape index (κ3) is 4.84. The Bertz CT molecular complexity index is 332. The van der Waals surface area contributed by atoms with Crippen LogP contribution >= 0.6 is 0 Å². The van der Waals surface area contributed by atoms with Crippen molar-refractivity contribution in [3.63, 3.8) is 0 Å². The third-order valence-electron chi connectivity index (χ3n) is 3.72. The monoisotopic (exact) mass is 277 g/mol. The summed E-state index contributed by atoms with van der Waals surface area (Å²) in [6.45, 7) is 3.52. The Hall–Kier alpha value is -0.170. The third-order valence-corrected chi connectivity index (χ3v) is 5.33. The molecule has 0 aliphatic heterocycles. The standard InChI is InChI=1S/C12H27N3O2S/c1-11-7-4-5-8-12(11)14-18(16,17)15(3)10-6-9-13-2/h11-14H,4-10H2,1-3H3. The summed E-state index contributed by atoms with van der Waals surface area (Å²) in [5.41, 5.74) is 0. The Morgan fingerprint density at radius 2 is 1.94 bits per heavy atom. The van der Waals surface area contributed by atoms with Crippen LogP contribution in [0.3, 0.4) is 0 Å². The van der Waals surface area contributed by atoms with Crippen molar-refractivity contribution >= 4 is 10.2 Å². The van der Waals surface area contributed by atoms with Gasteiger partial charge in [-0.1, -0.05) is 19.8 Å². The molecule has 1 saturated carbocycles. The van der Waals surface area contributed by atoms with E-state index >= 15 is 0 Å². The van der Waals surface area contributed by atoms with Crippen molar-refractivity contribution in [1.29, 1.82) is 0 Å². The lowest BCUT2D eigenvalue weighted by atomic mass is 9.87. The van der Waals surface area contributed by atoms with Crippen molar-refractivity contribution < 1.29 is 8.42 Å². The van der Waals surface area contributed by atoms with Gasteiger partial charge in [0.25, 0.3) is 10.2 Å². The summed E-state index contributed by atoms with van der Waals surface area (Å²) in [5, 5.41) is 3.02. The molecule has 18 heavy (non-hydrogen) atoms. The Kier molecular flexibility index (Phi) is 6.55. The summed E-state index contributed by atoms with van der Waals surface area (Å²) < 4.78 is 28.5. The quantitative estimate of drug-likeness (QED) is 0.681. The van der Waals surface area contributed by atoms with Crippen LogP contribution in [-0.2, 0) is 10.2 Å². The van der Waals surface area contributed by atoms with Gasteiger partial charge in [-0.15, -0.1) is 0 Å². The van der Waals surface area contributed by atoms with E-state index < -0.39 is 10.2 Å². The minimum absolute atomic E-state index is 0.107. The second-order valence-corrected chi connectivity index (χ2v) is 7.08. The molecule has 0 aromatic rings. The first-order valence-corrected chi connectivity index (χ1v) is 8.29. The van der Waals surface area contributed by atoms with Crippen LogP contribution in [0.15, 0.2) is 0 Å². The molecule has 0 bridgehead atoms. The topological polar surface area (TPSA) is 61.4 Å². The normalized spacial score (nSPS) is 25.6. The molecule has 0 spiro atoms. The molecule has 0 radical (unpaired) electrons. The molecule has 2 atom stereocenters. The predicted molar refractivity (Wildman–Crippen MR) is 74.6 cm³/mol. The van der Waals surface area contributed by atoms with Crippen molar-refractivity contribution in [3.05, 3.63) is 0 Å². The Morgan fingerprint density at radius 1 is 1.28 bits per heavy atom. The molecule has 1 fully saturated rings. The molecular weight excluding hydrogens is 250 g/mol. The lowest BCUT2D eigenvalue weighted by Gasteiger charge is -2.31. The average Bonchev–Trinajstić information content (AvgIpc) is 2.32. The largest absolute Gasteiger partial charge is 0.320 e. The zero-order valence-electron chi connectivity index (χ0n) is 11.8. The number of hydrogen-bond acceptors (Lipinski definition) is 3. The first kappa shape index (κ1) is 15.9. The number of rotatable bonds is 7. The van der Waals surface area contributed by atoms with Crippen molar-refractivity contribution in [1.82, 2.24) is 14.3 Å². The first-order chi connectivity index (χ1) is 8.47. The SMILES string of the molecule is CNCCCN(C)S(=O)(=O)NC1CCCCC1C. The van der Waals surface area contributed by atoms with Gasteiger partial charge in [0.15, 0.2) is 0 Å². The summed E-state index contributed by atoms with van der Waals surface area (Å²) in [6.07, 6.45) is 5.26. The molecule has 6 heteroatoms. The second kappa shape index (κ2) is 7.43. The average molecular weight is 277 g/mol. The molecule has 2 unspecified atom stereocenters. The van der Waals surface area contributed by atoms with Gasteiger partial charge >= 0.3 is 0 Å². The molecular formula is C12H27N3O2S. The molecule has 5 nitrogen and oxygen atoms in total. The highest BCUT2D eigenvalue weighted by molar-refractivity contribution is 7.87. The molecule has 0 aromatic carbocycles. The van der Waals surface area contributed by atoms with Gasteiger partial charge in [0.05, 0.1) is 0 Å². The summed E-state index contributed by atoms with van der Waals surface area (Å²) in [6, 6.07) is 0.107. The Balaban J connectivity index is 2.46. The smallest absolute Gasteiger partial charge is 0.279 e. The van der Waals surface area contributed by atoms with E-state index in [9.17, 15) is 8.42 Å². The molecule has 2 N–H and O–H groups in total. The zero-order chi connectivity index (χ0) is 13.6. The highest BCUT2D eigenvalue weighted by Crippen LogP contribution is 2.24. The molecule has 0 aromatic heterocycles. The number of hydrogen-bond donors (Lipinski definition) is 2. The number of nitrogens with zero attached hydrogens (tertiary/aromatic N) is 1. The zero-order valence-corrected chi connectivity index (χ0v) is 12.6. The maximum atomic E-state index is 12.1. The van der Waals surface area contributed by atoms with Crippen LogP contribution in [0.25, 0.3) is 0 Å². The van der Waals surface area contributed by atoms with Gasteiger partial charge < -0.3 is 5.32 Å². The van der Waals surface area contributed by atoms with Crippen LogP contribution in [0.2, 0.25) is 0 Å². The second-order valence-electron chi connectivity index (χ2n) is 5.27. The van der Waals surface area contributed by atoms with E-state index in [2.05, 4.69) is 17.0 Å². The molecule has 108 valence electrons. The maximum Gasteiger partial charge on any atom is 0.279 e. The van der Waals surface area contributed by atoms with Gasteiger partial charge in [-0.3, -0.25) is 0 Å². The van der Waals surface area contributed by atoms with Gasteiger partial charge in [-0.05, 0) is 38.8 Å². The van der Waals surface area contributed by atoms with Gasteiger partial charge in [0, 0.05) is 19.6 Å². The highest BCUT2D eigenvalue weighted by Gasteiger charge is 2.27. The lowest BCUT2D eigenvalue weighted by molar-refractivity contribution is 0.304. The summed E-state index contributed by atoms with van der Waals surface area (Å²) in [7, 11) is 0.198. The summed E-state index contributed by atoms with van der Waals surface area (Å²) >= 11 is 0. The fraction of sp³-hybridized carbons (Fsp3) is 1.00. The first-order valence-electron chi connectivity index (χ1n) is 6.85. The van der Waals surface area contributed by atoms with E-state index in [1.54, 1.807) is 7.05 Å². The molecule has 1 rings (SSSR count). The highest BCUT2D eigenvalue weighted by atomic mass is 32.2. The van der Waals surface area contributed by atoms with E-state index in [1.165, 1.54) is 10.7 Å². The van der Waals surface area contributed by atoms with Crippen molar-refractivity contribution in [2.24, 2.45) is 5.92 Å². The lowest BCUT2D eigenvalue weighted by Crippen LogP contribution is -2.47. The van der Waals surface area contributed by atoms with E-state index in [0.29, 0.717) is 12.5 Å². The fourth-order valence-electron chi connectivity index (χ4n) is 2.37. The van der Waals surface area contributed by atoms with Crippen molar-refractivity contribution in [3.8, 4) is 0 Å². The Labute approximate surface area is 112 Å². The molecule has 0 amide bonds. The number of nitrogens with one attached hydrogen (secondary N) is 2. The van der Waals surface area contributed by atoms with E-state index in [1.807, 2.05) is 7.05 Å². The molecule has 0 heterocycles. The van der Waals surface area contributed by atoms with E-state index in [0.717, 1.165) is 32.2 Å². The molecule has 1 aliphatic rings. The van der Waals surface area contributed by atoms with Crippen LogP contribution < -0.4 is 10.0 Å². The van der Waals surface area contributed by atoms with Gasteiger partial charge in [-0.25, -0.2) is 0 Å². The molecule has 1 aliphatic carbocycles. The van der Waals surface area contributed by atoms with Crippen molar-refractivity contribution in [2.75, 3.05) is 27.2 Å². The van der Waals surface area contributed by atoms with E-state index in [-0.39, 0.29) is 6.04 Å². The van der Waals surface area contributed by atoms with Crippen molar-refractivity contribution in [2.45, 2.75) is 45.1 Å². The fourth-order valence-corrected chi connectivity index (χ4v) is 3.65. The van der Waals surface area contributed by atoms with Crippen LogP contribution in [0.4, 0.5) is 0 Å². The molecule has 0 saturated heterocycles. The van der Waals surface area contributed by atoms with Crippen LogP contribution in [0.1, 0.15) is 39.0 Å². The van der Waals surface area contributed by atoms with Gasteiger partial charge in [0.1, 0.15) is 0 Å². The van der Waals surface area contributed by atoms with Gasteiger partial charge in [0.2, 0.25) is 0 Å².